The van der Waals surface area contributed by atoms with Crippen LogP contribution in [0.4, 0.5) is 11.4 Å². The smallest absolute Gasteiger partial charge is 0.228 e. The van der Waals surface area contributed by atoms with Crippen molar-refractivity contribution in [2.75, 3.05) is 17.2 Å². The quantitative estimate of drug-likeness (QED) is 0.766. The molecule has 1 aromatic rings. The Morgan fingerprint density at radius 1 is 1.50 bits per heavy atom. The topological polar surface area (TPSA) is 72.3 Å². The number of nitrogens with two attached hydrogens (primary N) is 2. The summed E-state index contributed by atoms with van der Waals surface area (Å²) in [5.41, 5.74) is 14.1. The molecule has 1 aliphatic rings. The fourth-order valence-corrected chi connectivity index (χ4v) is 2.23. The number of amides is 1. The van der Waals surface area contributed by atoms with Gasteiger partial charge in [0.1, 0.15) is 0 Å². The Morgan fingerprint density at radius 3 is 2.75 bits per heavy atom. The second kappa shape index (κ2) is 4.07. The third kappa shape index (κ3) is 1.92. The van der Waals surface area contributed by atoms with Gasteiger partial charge < -0.3 is 16.4 Å². The van der Waals surface area contributed by atoms with Crippen LogP contribution in [0, 0.1) is 6.92 Å². The van der Waals surface area contributed by atoms with Crippen molar-refractivity contribution < 1.29 is 4.79 Å². The van der Waals surface area contributed by atoms with E-state index in [1.54, 1.807) is 4.90 Å². The molecule has 86 valence electrons. The van der Waals surface area contributed by atoms with Crippen molar-refractivity contribution >= 4 is 33.2 Å². The number of aryl methyl sites for hydroxylation is 1. The predicted molar refractivity (Wildman–Crippen MR) is 68.2 cm³/mol. The van der Waals surface area contributed by atoms with Crippen LogP contribution in [0.5, 0.6) is 0 Å². The monoisotopic (exact) mass is 283 g/mol. The molecule has 5 heteroatoms. The Bertz CT molecular complexity index is 447. The van der Waals surface area contributed by atoms with Crippen LogP contribution >= 0.6 is 15.9 Å². The number of halogens is 1. The van der Waals surface area contributed by atoms with Crippen LogP contribution in [0.25, 0.3) is 0 Å². The summed E-state index contributed by atoms with van der Waals surface area (Å²) in [4.78, 5) is 13.4. The van der Waals surface area contributed by atoms with Crippen LogP contribution in [0.1, 0.15) is 12.0 Å². The molecule has 0 bridgehead atoms. The van der Waals surface area contributed by atoms with Gasteiger partial charge in [-0.3, -0.25) is 4.79 Å². The summed E-state index contributed by atoms with van der Waals surface area (Å²) in [6.07, 6.45) is 0.394. The number of hydrogen-bond acceptors (Lipinski definition) is 3. The maximum absolute atomic E-state index is 11.7. The van der Waals surface area contributed by atoms with Gasteiger partial charge in [0.2, 0.25) is 5.91 Å². The van der Waals surface area contributed by atoms with Crippen molar-refractivity contribution in [1.29, 1.82) is 0 Å². The van der Waals surface area contributed by atoms with Gasteiger partial charge in [0.25, 0.3) is 0 Å². The van der Waals surface area contributed by atoms with Gasteiger partial charge in [0.05, 0.1) is 11.4 Å². The van der Waals surface area contributed by atoms with Gasteiger partial charge in [0, 0.05) is 23.5 Å². The summed E-state index contributed by atoms with van der Waals surface area (Å²) in [6, 6.07) is 3.64. The molecule has 1 aliphatic heterocycles. The lowest BCUT2D eigenvalue weighted by Crippen LogP contribution is -2.28. The zero-order valence-electron chi connectivity index (χ0n) is 9.03. The van der Waals surface area contributed by atoms with E-state index in [1.165, 1.54) is 0 Å². The van der Waals surface area contributed by atoms with E-state index in [2.05, 4.69) is 15.9 Å². The standard InChI is InChI=1S/C11H14BrN3O/c1-6-2-9(14)10(4-8(6)12)15-5-7(13)3-11(15)16/h2,4,7H,3,5,13-14H2,1H3. The molecular weight excluding hydrogens is 270 g/mol. The van der Waals surface area contributed by atoms with E-state index in [4.69, 9.17) is 11.5 Å². The molecule has 4 nitrogen and oxygen atoms in total. The van der Waals surface area contributed by atoms with Crippen LogP contribution in [0.15, 0.2) is 16.6 Å². The van der Waals surface area contributed by atoms with Crippen LogP contribution < -0.4 is 16.4 Å². The minimum atomic E-state index is -0.0908. The number of anilines is 2. The Hall–Kier alpha value is -1.07. The van der Waals surface area contributed by atoms with Gasteiger partial charge in [-0.25, -0.2) is 0 Å². The normalized spacial score (nSPS) is 20.6. The average molecular weight is 284 g/mol. The second-order valence-electron chi connectivity index (χ2n) is 4.13. The van der Waals surface area contributed by atoms with Crippen LogP contribution in [-0.2, 0) is 4.79 Å². The fraction of sp³-hybridized carbons (Fsp3) is 0.364. The van der Waals surface area contributed by atoms with Gasteiger partial charge in [-0.05, 0) is 24.6 Å². The lowest BCUT2D eigenvalue weighted by molar-refractivity contribution is -0.117. The van der Waals surface area contributed by atoms with Crippen LogP contribution in [0.3, 0.4) is 0 Å². The number of carbonyl (C=O) groups is 1. The van der Waals surface area contributed by atoms with Crippen molar-refractivity contribution in [3.8, 4) is 0 Å². The maximum atomic E-state index is 11.7. The number of hydrogen-bond donors (Lipinski definition) is 2. The van der Waals surface area contributed by atoms with E-state index in [-0.39, 0.29) is 11.9 Å². The molecule has 0 saturated carbocycles. The second-order valence-corrected chi connectivity index (χ2v) is 4.98. The molecule has 0 aromatic heterocycles. The van der Waals surface area contributed by atoms with Crippen molar-refractivity contribution in [2.45, 2.75) is 19.4 Å². The zero-order chi connectivity index (χ0) is 11.9. The largest absolute Gasteiger partial charge is 0.397 e. The van der Waals surface area contributed by atoms with E-state index in [9.17, 15) is 4.79 Å². The molecule has 2 rings (SSSR count). The molecule has 1 saturated heterocycles. The molecule has 0 radical (unpaired) electrons. The van der Waals surface area contributed by atoms with Gasteiger partial charge in [-0.1, -0.05) is 15.9 Å². The number of carbonyl (C=O) groups excluding carboxylic acids is 1. The molecule has 1 unspecified atom stereocenters. The number of benzene rings is 1. The third-order valence-electron chi connectivity index (χ3n) is 2.75. The molecule has 1 heterocycles. The van der Waals surface area contributed by atoms with E-state index in [0.717, 1.165) is 15.7 Å². The van der Waals surface area contributed by atoms with Crippen molar-refractivity contribution in [1.82, 2.24) is 0 Å². The number of rotatable bonds is 1. The highest BCUT2D eigenvalue weighted by Crippen LogP contribution is 2.32. The van der Waals surface area contributed by atoms with Crippen LogP contribution in [0.2, 0.25) is 0 Å². The van der Waals surface area contributed by atoms with Gasteiger partial charge in [0.15, 0.2) is 0 Å². The first-order valence-corrected chi connectivity index (χ1v) is 5.90. The first kappa shape index (κ1) is 11.4. The Kier molecular flexibility index (Phi) is 2.90. The van der Waals surface area contributed by atoms with Gasteiger partial charge in [-0.15, -0.1) is 0 Å². The predicted octanol–water partition coefficient (Wildman–Crippen LogP) is 1.40. The Balaban J connectivity index is 2.41. The zero-order valence-corrected chi connectivity index (χ0v) is 10.6. The summed E-state index contributed by atoms with van der Waals surface area (Å²) in [5, 5.41) is 0. The van der Waals surface area contributed by atoms with Crippen molar-refractivity contribution in [2.24, 2.45) is 5.73 Å². The molecule has 0 aliphatic carbocycles. The van der Waals surface area contributed by atoms with Gasteiger partial charge in [-0.2, -0.15) is 0 Å². The summed E-state index contributed by atoms with van der Waals surface area (Å²) >= 11 is 3.44. The number of nitrogens with zero attached hydrogens (tertiary/aromatic N) is 1. The lowest BCUT2D eigenvalue weighted by atomic mass is 10.2. The Morgan fingerprint density at radius 2 is 2.19 bits per heavy atom. The molecule has 0 spiro atoms. The molecule has 1 amide bonds. The summed E-state index contributed by atoms with van der Waals surface area (Å²) in [5.74, 6) is 0.0370. The highest BCUT2D eigenvalue weighted by atomic mass is 79.9. The lowest BCUT2D eigenvalue weighted by Gasteiger charge is -2.19. The summed E-state index contributed by atoms with van der Waals surface area (Å²) in [6.45, 7) is 2.50. The van der Waals surface area contributed by atoms with Crippen molar-refractivity contribution in [3.63, 3.8) is 0 Å². The van der Waals surface area contributed by atoms with E-state index >= 15 is 0 Å². The third-order valence-corrected chi connectivity index (χ3v) is 3.61. The maximum Gasteiger partial charge on any atom is 0.228 e. The summed E-state index contributed by atoms with van der Waals surface area (Å²) < 4.78 is 0.949. The minimum absolute atomic E-state index is 0.0370. The Labute approximate surface area is 103 Å². The SMILES string of the molecule is Cc1cc(N)c(N2CC(N)CC2=O)cc1Br. The van der Waals surface area contributed by atoms with E-state index < -0.39 is 0 Å². The van der Waals surface area contributed by atoms with Crippen LogP contribution in [-0.4, -0.2) is 18.5 Å². The van der Waals surface area contributed by atoms with Gasteiger partial charge >= 0.3 is 0 Å². The molecule has 4 N–H and O–H groups in total. The molecular formula is C11H14BrN3O. The number of nitrogen functional groups attached to an aromatic ring is 1. The highest BCUT2D eigenvalue weighted by molar-refractivity contribution is 9.10. The molecule has 16 heavy (non-hydrogen) atoms. The average Bonchev–Trinajstić information content (AvgIpc) is 2.51. The summed E-state index contributed by atoms with van der Waals surface area (Å²) in [7, 11) is 0. The first-order valence-electron chi connectivity index (χ1n) is 5.10. The molecule has 1 fully saturated rings. The minimum Gasteiger partial charge on any atom is -0.397 e. The highest BCUT2D eigenvalue weighted by Gasteiger charge is 2.29. The van der Waals surface area contributed by atoms with Crippen molar-refractivity contribution in [3.05, 3.63) is 22.2 Å². The fourth-order valence-electron chi connectivity index (χ4n) is 1.90. The van der Waals surface area contributed by atoms with E-state index in [1.807, 2.05) is 19.1 Å². The molecule has 1 aromatic carbocycles. The molecule has 1 atom stereocenters. The first-order chi connectivity index (χ1) is 7.49. The van der Waals surface area contributed by atoms with E-state index in [0.29, 0.717) is 18.7 Å².